The lowest BCUT2D eigenvalue weighted by Crippen LogP contribution is -2.73. The molecule has 2 atom stereocenters. The van der Waals surface area contributed by atoms with Crippen LogP contribution in [0.25, 0.3) is 0 Å². The monoisotopic (exact) mass is 388 g/mol. The van der Waals surface area contributed by atoms with Crippen LogP contribution in [0.4, 0.5) is 17.3 Å². The van der Waals surface area contributed by atoms with Crippen LogP contribution in [0, 0.1) is 0 Å². The molecule has 1 aromatic rings. The summed E-state index contributed by atoms with van der Waals surface area (Å²) in [6.07, 6.45) is 2.41. The van der Waals surface area contributed by atoms with E-state index in [2.05, 4.69) is 22.2 Å². The number of hydrogen-bond donors (Lipinski definition) is 8. The molecule has 0 aromatic carbocycles. The first-order valence-electron chi connectivity index (χ1n) is 8.35. The number of anilines is 3. The zero-order valence-electron chi connectivity index (χ0n) is 14.7. The van der Waals surface area contributed by atoms with E-state index in [9.17, 15) is 10.2 Å². The number of nitrogens with zero attached hydrogens (tertiary/aromatic N) is 2. The Labute approximate surface area is 156 Å². The second kappa shape index (κ2) is 8.08. The number of nitrogens with one attached hydrogen (secondary N) is 1. The molecule has 1 aliphatic carbocycles. The van der Waals surface area contributed by atoms with Gasteiger partial charge in [0.25, 0.3) is 5.91 Å². The molecule has 1 aromatic heterocycles. The average molecular weight is 388 g/mol. The number of thioether (sulfide) groups is 1. The lowest BCUT2D eigenvalue weighted by molar-refractivity contribution is -0.295. The average Bonchev–Trinajstić information content (AvgIpc) is 2.95. The predicted octanol–water partition coefficient (Wildman–Crippen LogP) is -1.34. The van der Waals surface area contributed by atoms with Crippen LogP contribution in [0.1, 0.15) is 32.6 Å². The normalized spacial score (nSPS) is 21.2. The molecule has 2 unspecified atom stereocenters. The van der Waals surface area contributed by atoms with Crippen molar-refractivity contribution in [2.24, 2.45) is 17.2 Å². The quantitative estimate of drug-likeness (QED) is 0.147. The minimum absolute atomic E-state index is 0.0269. The number of nitrogen functional groups attached to an aromatic ring is 2. The molecule has 148 valence electrons. The number of ether oxygens (including phenoxy) is 1. The maximum absolute atomic E-state index is 9.37. The molecule has 12 heteroatoms. The predicted molar refractivity (Wildman–Crippen MR) is 100 cm³/mol. The van der Waals surface area contributed by atoms with Crippen molar-refractivity contribution in [1.82, 2.24) is 9.97 Å². The third kappa shape index (κ3) is 5.07. The van der Waals surface area contributed by atoms with Gasteiger partial charge in [0.15, 0.2) is 16.8 Å². The highest BCUT2D eigenvalue weighted by Gasteiger charge is 2.45. The lowest BCUT2D eigenvalue weighted by Gasteiger charge is -2.35. The van der Waals surface area contributed by atoms with Gasteiger partial charge in [0.05, 0.1) is 6.10 Å². The molecule has 0 radical (unpaired) electrons. The van der Waals surface area contributed by atoms with E-state index in [0.29, 0.717) is 23.8 Å². The Morgan fingerprint density at radius 3 is 2.54 bits per heavy atom. The van der Waals surface area contributed by atoms with E-state index in [4.69, 9.17) is 33.4 Å². The Balaban J connectivity index is 2.01. The van der Waals surface area contributed by atoms with E-state index >= 15 is 0 Å². The summed E-state index contributed by atoms with van der Waals surface area (Å²) in [5.41, 5.74) is 28.3. The van der Waals surface area contributed by atoms with Gasteiger partial charge in [-0.2, -0.15) is 0 Å². The Morgan fingerprint density at radius 1 is 1.23 bits per heavy atom. The maximum Gasteiger partial charge on any atom is 0.279 e. The molecule has 1 fully saturated rings. The number of nitrogens with two attached hydrogens (primary N) is 5. The van der Waals surface area contributed by atoms with E-state index < -0.39 is 17.9 Å². The number of hydrogen-bond acceptors (Lipinski definition) is 12. The Hall–Kier alpha value is -1.41. The van der Waals surface area contributed by atoms with Gasteiger partial charge in [0.2, 0.25) is 5.85 Å². The molecular weight excluding hydrogens is 360 g/mol. The fourth-order valence-electron chi connectivity index (χ4n) is 2.57. The van der Waals surface area contributed by atoms with Crippen molar-refractivity contribution in [3.8, 4) is 0 Å². The van der Waals surface area contributed by atoms with Gasteiger partial charge in [-0.05, 0) is 25.7 Å². The van der Waals surface area contributed by atoms with Crippen molar-refractivity contribution in [2.45, 2.75) is 61.7 Å². The van der Waals surface area contributed by atoms with Crippen molar-refractivity contribution < 1.29 is 14.9 Å². The molecule has 1 aliphatic rings. The van der Waals surface area contributed by atoms with Crippen LogP contribution in [0.3, 0.4) is 0 Å². The first kappa shape index (κ1) is 20.9. The lowest BCUT2D eigenvalue weighted by atomic mass is 10.2. The smallest absolute Gasteiger partial charge is 0.279 e. The first-order chi connectivity index (χ1) is 12.0. The van der Waals surface area contributed by atoms with Crippen LogP contribution in [0.15, 0.2) is 5.16 Å². The van der Waals surface area contributed by atoms with Crippen LogP contribution in [-0.2, 0) is 4.74 Å². The van der Waals surface area contributed by atoms with Gasteiger partial charge in [-0.25, -0.2) is 9.97 Å². The SMILES string of the molecule is CCCSc1nc(N)c(N)c(NC2CCC(OC(N)(N)C(N)(O)O)C2)n1. The Kier molecular flexibility index (Phi) is 6.50. The van der Waals surface area contributed by atoms with Crippen molar-refractivity contribution in [1.29, 1.82) is 0 Å². The fourth-order valence-corrected chi connectivity index (χ4v) is 3.27. The maximum atomic E-state index is 9.37. The van der Waals surface area contributed by atoms with Gasteiger partial charge in [-0.15, -0.1) is 0 Å². The molecular formula is C14H28N8O3S. The summed E-state index contributed by atoms with van der Waals surface area (Å²) in [4.78, 5) is 8.59. The van der Waals surface area contributed by atoms with Crippen LogP contribution >= 0.6 is 11.8 Å². The molecule has 1 heterocycles. The van der Waals surface area contributed by atoms with Crippen molar-refractivity contribution >= 4 is 29.1 Å². The molecule has 0 bridgehead atoms. The third-order valence-electron chi connectivity index (χ3n) is 4.05. The second-order valence-corrected chi connectivity index (χ2v) is 7.48. The van der Waals surface area contributed by atoms with Crippen molar-refractivity contribution in [3.05, 3.63) is 0 Å². The summed E-state index contributed by atoms with van der Waals surface area (Å²) in [5.74, 6) is -3.57. The first-order valence-corrected chi connectivity index (χ1v) is 9.33. The molecule has 13 N–H and O–H groups in total. The molecule has 0 saturated heterocycles. The van der Waals surface area contributed by atoms with Crippen LogP contribution in [0.5, 0.6) is 0 Å². The molecule has 0 spiro atoms. The van der Waals surface area contributed by atoms with E-state index in [-0.39, 0.29) is 17.5 Å². The summed E-state index contributed by atoms with van der Waals surface area (Å²) in [6, 6.07) is -0.0269. The zero-order valence-corrected chi connectivity index (χ0v) is 15.5. The van der Waals surface area contributed by atoms with Gasteiger partial charge < -0.3 is 31.7 Å². The molecule has 11 nitrogen and oxygen atoms in total. The number of aliphatic hydroxyl groups is 2. The van der Waals surface area contributed by atoms with Gasteiger partial charge in [0.1, 0.15) is 5.69 Å². The van der Waals surface area contributed by atoms with E-state index in [1.165, 1.54) is 11.8 Å². The van der Waals surface area contributed by atoms with Crippen LogP contribution in [0.2, 0.25) is 0 Å². The summed E-state index contributed by atoms with van der Waals surface area (Å²) < 4.78 is 5.36. The summed E-state index contributed by atoms with van der Waals surface area (Å²) >= 11 is 1.50. The third-order valence-corrected chi connectivity index (χ3v) is 5.11. The van der Waals surface area contributed by atoms with Gasteiger partial charge in [0, 0.05) is 11.8 Å². The highest BCUT2D eigenvalue weighted by molar-refractivity contribution is 7.99. The molecule has 2 rings (SSSR count). The van der Waals surface area contributed by atoms with Crippen LogP contribution in [-0.4, -0.2) is 49.8 Å². The molecule has 26 heavy (non-hydrogen) atoms. The fraction of sp³-hybridized carbons (Fsp3) is 0.714. The summed E-state index contributed by atoms with van der Waals surface area (Å²) in [6.45, 7) is 2.06. The van der Waals surface area contributed by atoms with E-state index in [1.807, 2.05) is 0 Å². The number of aromatic nitrogens is 2. The van der Waals surface area contributed by atoms with Gasteiger partial charge in [-0.1, -0.05) is 18.7 Å². The van der Waals surface area contributed by atoms with Gasteiger partial charge in [-0.3, -0.25) is 17.2 Å². The van der Waals surface area contributed by atoms with E-state index in [1.54, 1.807) is 0 Å². The van der Waals surface area contributed by atoms with Crippen molar-refractivity contribution in [3.63, 3.8) is 0 Å². The Bertz CT molecular complexity index is 625. The largest absolute Gasteiger partial charge is 0.393 e. The summed E-state index contributed by atoms with van der Waals surface area (Å²) in [5, 5.41) is 22.5. The molecule has 0 aliphatic heterocycles. The van der Waals surface area contributed by atoms with E-state index in [0.717, 1.165) is 18.6 Å². The highest BCUT2D eigenvalue weighted by Crippen LogP contribution is 2.31. The highest BCUT2D eigenvalue weighted by atomic mass is 32.2. The standard InChI is InChI=1S/C14H28N8O3S/c1-2-5-26-12-21-10(16)9(15)11(22-12)20-7-3-4-8(6-7)25-13(17,18)14(19,23)24/h7-8,23-24H,2-6,15,17-19H2,1H3,(H3,16,20,21,22). The molecule has 1 saturated carbocycles. The topological polar surface area (TPSA) is 218 Å². The van der Waals surface area contributed by atoms with Gasteiger partial charge >= 0.3 is 0 Å². The van der Waals surface area contributed by atoms with Crippen molar-refractivity contribution in [2.75, 3.05) is 22.5 Å². The number of rotatable bonds is 8. The second-order valence-electron chi connectivity index (χ2n) is 6.42. The summed E-state index contributed by atoms with van der Waals surface area (Å²) in [7, 11) is 0. The zero-order chi connectivity index (χ0) is 19.5. The van der Waals surface area contributed by atoms with Crippen LogP contribution < -0.4 is 34.0 Å². The Morgan fingerprint density at radius 2 is 1.92 bits per heavy atom. The minimum Gasteiger partial charge on any atom is -0.393 e. The molecule has 0 amide bonds. The minimum atomic E-state index is -2.85.